The predicted molar refractivity (Wildman–Crippen MR) is 106 cm³/mol. The lowest BCUT2D eigenvalue weighted by Crippen LogP contribution is -2.02. The third-order valence-electron chi connectivity index (χ3n) is 4.17. The third-order valence-corrected chi connectivity index (χ3v) is 5.32. The van der Waals surface area contributed by atoms with Crippen LogP contribution in [0.2, 0.25) is 0 Å². The second-order valence-corrected chi connectivity index (χ2v) is 6.90. The molecule has 0 aliphatic carbocycles. The van der Waals surface area contributed by atoms with Crippen molar-refractivity contribution < 1.29 is 4.74 Å². The molecule has 0 unspecified atom stereocenters. The summed E-state index contributed by atoms with van der Waals surface area (Å²) in [6.45, 7) is 4.22. The van der Waals surface area contributed by atoms with E-state index in [-0.39, 0.29) is 5.43 Å². The summed E-state index contributed by atoms with van der Waals surface area (Å²) < 4.78 is 7.87. The molecule has 1 heterocycles. The van der Waals surface area contributed by atoms with E-state index in [1.165, 1.54) is 0 Å². The van der Waals surface area contributed by atoms with Gasteiger partial charge in [-0.15, -0.1) is 11.3 Å². The van der Waals surface area contributed by atoms with Gasteiger partial charge >= 0.3 is 0 Å². The lowest BCUT2D eigenvalue weighted by atomic mass is 10.1. The Morgan fingerprint density at radius 2 is 1.68 bits per heavy atom. The van der Waals surface area contributed by atoms with Crippen LogP contribution < -0.4 is 10.2 Å². The summed E-state index contributed by atoms with van der Waals surface area (Å²) in [5.41, 5.74) is 2.22. The van der Waals surface area contributed by atoms with Gasteiger partial charge in [-0.3, -0.25) is 4.79 Å². The highest BCUT2D eigenvalue weighted by atomic mass is 32.1. The zero-order valence-corrected chi connectivity index (χ0v) is 14.4. The van der Waals surface area contributed by atoms with Crippen LogP contribution in [-0.2, 0) is 6.61 Å². The van der Waals surface area contributed by atoms with Crippen molar-refractivity contribution in [2.75, 3.05) is 0 Å². The van der Waals surface area contributed by atoms with Crippen LogP contribution in [0.3, 0.4) is 0 Å². The molecule has 0 aliphatic rings. The first kappa shape index (κ1) is 15.6. The zero-order chi connectivity index (χ0) is 17.2. The highest BCUT2D eigenvalue weighted by Gasteiger charge is 2.07. The number of ether oxygens (including phenoxy) is 1. The van der Waals surface area contributed by atoms with Gasteiger partial charge in [0.2, 0.25) is 0 Å². The average molecular weight is 344 g/mol. The van der Waals surface area contributed by atoms with Crippen LogP contribution in [0.1, 0.15) is 11.1 Å². The fourth-order valence-electron chi connectivity index (χ4n) is 2.79. The molecule has 4 aromatic rings. The van der Waals surface area contributed by atoms with Crippen molar-refractivity contribution in [2.24, 2.45) is 0 Å². The van der Waals surface area contributed by atoms with Gasteiger partial charge in [-0.25, -0.2) is 0 Å². The maximum absolute atomic E-state index is 12.7. The van der Waals surface area contributed by atoms with Crippen molar-refractivity contribution in [3.8, 4) is 5.75 Å². The molecule has 3 aromatic carbocycles. The number of fused-ring (bicyclic) bond motifs is 2. The van der Waals surface area contributed by atoms with E-state index in [1.807, 2.05) is 72.8 Å². The monoisotopic (exact) mass is 344 g/mol. The summed E-state index contributed by atoms with van der Waals surface area (Å²) in [7, 11) is 0. The SMILES string of the molecule is C=Cc1ccc(COc2ccc3sc4ccccc4c(=O)c3c2)cc1. The first-order valence-corrected chi connectivity index (χ1v) is 8.86. The maximum atomic E-state index is 12.7. The van der Waals surface area contributed by atoms with Crippen LogP contribution >= 0.6 is 11.3 Å². The van der Waals surface area contributed by atoms with Gasteiger partial charge in [-0.1, -0.05) is 49.1 Å². The Morgan fingerprint density at radius 1 is 0.920 bits per heavy atom. The molecule has 0 atom stereocenters. The molecular weight excluding hydrogens is 328 g/mol. The summed E-state index contributed by atoms with van der Waals surface area (Å²) in [5, 5.41) is 1.47. The minimum Gasteiger partial charge on any atom is -0.489 e. The first-order valence-electron chi connectivity index (χ1n) is 8.04. The van der Waals surface area contributed by atoms with E-state index in [9.17, 15) is 4.79 Å². The van der Waals surface area contributed by atoms with Gasteiger partial charge in [0, 0.05) is 20.2 Å². The number of hydrogen-bond donors (Lipinski definition) is 0. The largest absolute Gasteiger partial charge is 0.489 e. The van der Waals surface area contributed by atoms with E-state index in [0.29, 0.717) is 17.7 Å². The van der Waals surface area contributed by atoms with Gasteiger partial charge in [0.05, 0.1) is 0 Å². The van der Waals surface area contributed by atoms with Crippen molar-refractivity contribution in [1.29, 1.82) is 0 Å². The number of rotatable bonds is 4. The van der Waals surface area contributed by atoms with E-state index in [0.717, 1.165) is 25.9 Å². The van der Waals surface area contributed by atoms with Gasteiger partial charge in [-0.2, -0.15) is 0 Å². The minimum absolute atomic E-state index is 0.0603. The first-order chi connectivity index (χ1) is 12.2. The Morgan fingerprint density at radius 3 is 2.48 bits per heavy atom. The van der Waals surface area contributed by atoms with Gasteiger partial charge in [-0.05, 0) is 41.5 Å². The van der Waals surface area contributed by atoms with Crippen molar-refractivity contribution in [1.82, 2.24) is 0 Å². The summed E-state index contributed by atoms with van der Waals surface area (Å²) in [5.74, 6) is 0.708. The van der Waals surface area contributed by atoms with Crippen LogP contribution in [0.15, 0.2) is 78.1 Å². The van der Waals surface area contributed by atoms with Gasteiger partial charge in [0.1, 0.15) is 12.4 Å². The van der Waals surface area contributed by atoms with E-state index in [4.69, 9.17) is 4.74 Å². The lowest BCUT2D eigenvalue weighted by Gasteiger charge is -2.08. The molecule has 0 spiro atoms. The van der Waals surface area contributed by atoms with E-state index in [1.54, 1.807) is 11.3 Å². The number of benzene rings is 3. The second kappa shape index (κ2) is 6.54. The second-order valence-electron chi connectivity index (χ2n) is 5.82. The molecular formula is C22H16O2S. The molecule has 0 aliphatic heterocycles. The summed E-state index contributed by atoms with van der Waals surface area (Å²) >= 11 is 1.63. The zero-order valence-electron chi connectivity index (χ0n) is 13.6. The molecule has 0 N–H and O–H groups in total. The average Bonchev–Trinajstić information content (AvgIpc) is 2.67. The maximum Gasteiger partial charge on any atom is 0.196 e. The van der Waals surface area contributed by atoms with Crippen molar-refractivity contribution in [3.05, 3.63) is 94.7 Å². The molecule has 2 nitrogen and oxygen atoms in total. The fraction of sp³-hybridized carbons (Fsp3) is 0.0455. The van der Waals surface area contributed by atoms with Crippen LogP contribution in [0, 0.1) is 0 Å². The van der Waals surface area contributed by atoms with Crippen molar-refractivity contribution >= 4 is 37.6 Å². The van der Waals surface area contributed by atoms with Crippen LogP contribution in [-0.4, -0.2) is 0 Å². The summed E-state index contributed by atoms with van der Waals surface area (Å²) in [4.78, 5) is 12.7. The van der Waals surface area contributed by atoms with E-state index < -0.39 is 0 Å². The Hall–Kier alpha value is -2.91. The molecule has 1 aromatic heterocycles. The highest BCUT2D eigenvalue weighted by Crippen LogP contribution is 2.27. The standard InChI is InChI=1S/C22H16O2S/c1-2-15-7-9-16(10-8-15)14-24-17-11-12-21-19(13-17)22(23)18-5-3-4-6-20(18)25-21/h2-13H,1,14H2. The Labute approximate surface area is 149 Å². The Bertz CT molecular complexity index is 1120. The van der Waals surface area contributed by atoms with Crippen LogP contribution in [0.4, 0.5) is 0 Å². The quantitative estimate of drug-likeness (QED) is 0.448. The predicted octanol–water partition coefficient (Wildman–Crippen LogP) is 5.64. The molecule has 3 heteroatoms. The third kappa shape index (κ3) is 3.06. The molecule has 0 bridgehead atoms. The Kier molecular flexibility index (Phi) is 4.08. The number of hydrogen-bond acceptors (Lipinski definition) is 3. The molecule has 0 saturated heterocycles. The van der Waals surface area contributed by atoms with Gasteiger partial charge < -0.3 is 4.74 Å². The molecule has 0 saturated carbocycles. The van der Waals surface area contributed by atoms with E-state index in [2.05, 4.69) is 6.58 Å². The topological polar surface area (TPSA) is 26.3 Å². The summed E-state index contributed by atoms with van der Waals surface area (Å²) in [6, 6.07) is 21.5. The minimum atomic E-state index is 0.0603. The molecule has 0 amide bonds. The molecule has 122 valence electrons. The van der Waals surface area contributed by atoms with Crippen LogP contribution in [0.25, 0.3) is 26.2 Å². The normalized spacial score (nSPS) is 10.9. The van der Waals surface area contributed by atoms with Crippen molar-refractivity contribution in [3.63, 3.8) is 0 Å². The fourth-order valence-corrected chi connectivity index (χ4v) is 3.84. The molecule has 0 radical (unpaired) electrons. The molecule has 25 heavy (non-hydrogen) atoms. The molecule has 4 rings (SSSR count). The smallest absolute Gasteiger partial charge is 0.196 e. The van der Waals surface area contributed by atoms with Crippen LogP contribution in [0.5, 0.6) is 5.75 Å². The van der Waals surface area contributed by atoms with Gasteiger partial charge in [0.25, 0.3) is 0 Å². The lowest BCUT2D eigenvalue weighted by molar-refractivity contribution is 0.306. The highest BCUT2D eigenvalue weighted by molar-refractivity contribution is 7.24. The molecule has 0 fully saturated rings. The van der Waals surface area contributed by atoms with Gasteiger partial charge in [0.15, 0.2) is 5.43 Å². The summed E-state index contributed by atoms with van der Waals surface area (Å²) in [6.07, 6.45) is 1.81. The Balaban J connectivity index is 1.66. The van der Waals surface area contributed by atoms with Crippen molar-refractivity contribution in [2.45, 2.75) is 6.61 Å². The van der Waals surface area contributed by atoms with E-state index >= 15 is 0 Å².